The molecule has 0 saturated carbocycles. The van der Waals surface area contributed by atoms with Crippen LogP contribution in [0.2, 0.25) is 0 Å². The van der Waals surface area contributed by atoms with Crippen molar-refractivity contribution < 1.29 is 28.5 Å². The molecule has 0 aromatic heterocycles. The van der Waals surface area contributed by atoms with Crippen LogP contribution in [0.4, 0.5) is 11.4 Å². The summed E-state index contributed by atoms with van der Waals surface area (Å²) in [4.78, 5) is 31.3. The van der Waals surface area contributed by atoms with Crippen molar-refractivity contribution in [3.8, 4) is 34.1 Å². The van der Waals surface area contributed by atoms with E-state index in [-0.39, 0.29) is 18.6 Å². The molecule has 0 spiro atoms. The smallest absolute Gasteiger partial charge is 0.255 e. The molecular formula is C37H40N4O6. The van der Waals surface area contributed by atoms with Crippen molar-refractivity contribution in [2.75, 3.05) is 57.4 Å². The number of methoxy groups -OCH3 is 2. The van der Waals surface area contributed by atoms with Gasteiger partial charge in [-0.3, -0.25) is 9.59 Å². The van der Waals surface area contributed by atoms with E-state index in [9.17, 15) is 9.59 Å². The SMILES string of the molecule is COc1ccc(C(=O)Nc2cc(-c3cccc(CN(CCCN)C(=O)c4ccc5c(c4)OCO5)c3)ccc2N2CCCC2)cc1OC. The maximum absolute atomic E-state index is 13.6. The van der Waals surface area contributed by atoms with Crippen LogP contribution in [0.3, 0.4) is 0 Å². The van der Waals surface area contributed by atoms with E-state index in [2.05, 4.69) is 28.4 Å². The summed E-state index contributed by atoms with van der Waals surface area (Å²) in [7, 11) is 3.11. The second kappa shape index (κ2) is 14.5. The average Bonchev–Trinajstić information content (AvgIpc) is 3.82. The molecule has 1 saturated heterocycles. The van der Waals surface area contributed by atoms with Gasteiger partial charge in [0.1, 0.15) is 0 Å². The molecule has 3 N–H and O–H groups in total. The number of nitrogens with zero attached hydrogens (tertiary/aromatic N) is 2. The maximum Gasteiger partial charge on any atom is 0.255 e. The Kier molecular flexibility index (Phi) is 9.78. The third kappa shape index (κ3) is 7.12. The number of ether oxygens (including phenoxy) is 4. The fraction of sp³-hybridized carbons (Fsp3) is 0.297. The molecule has 10 nitrogen and oxygen atoms in total. The summed E-state index contributed by atoms with van der Waals surface area (Å²) in [6, 6.07) is 24.7. The van der Waals surface area contributed by atoms with Crippen molar-refractivity contribution in [3.05, 3.63) is 95.6 Å². The highest BCUT2D eigenvalue weighted by atomic mass is 16.7. The van der Waals surface area contributed by atoms with Gasteiger partial charge >= 0.3 is 0 Å². The highest BCUT2D eigenvalue weighted by Crippen LogP contribution is 2.36. The van der Waals surface area contributed by atoms with Crippen LogP contribution in [0.25, 0.3) is 11.1 Å². The van der Waals surface area contributed by atoms with E-state index < -0.39 is 0 Å². The zero-order chi connectivity index (χ0) is 32.8. The number of hydrogen-bond acceptors (Lipinski definition) is 8. The Morgan fingerprint density at radius 1 is 0.851 bits per heavy atom. The Labute approximate surface area is 275 Å². The van der Waals surface area contributed by atoms with Crippen molar-refractivity contribution in [3.63, 3.8) is 0 Å². The molecule has 0 radical (unpaired) electrons. The van der Waals surface area contributed by atoms with Gasteiger partial charge in [0.2, 0.25) is 6.79 Å². The van der Waals surface area contributed by atoms with Gasteiger partial charge in [-0.25, -0.2) is 0 Å². The molecule has 6 rings (SSSR count). The number of amides is 2. The predicted molar refractivity (Wildman–Crippen MR) is 182 cm³/mol. The standard InChI is InChI=1S/C37H40N4O6/c1-44-32-13-10-28(21-34(32)45-2)36(42)39-30-20-27(9-12-31(30)40-16-3-4-17-40)26-8-5-7-25(19-26)23-41(18-6-15-38)37(43)29-11-14-33-35(22-29)47-24-46-33/h5,7-14,19-22H,3-4,6,15-18,23-24,38H2,1-2H3,(H,39,42). The molecule has 0 aliphatic carbocycles. The summed E-state index contributed by atoms with van der Waals surface area (Å²) >= 11 is 0. The van der Waals surface area contributed by atoms with Crippen LogP contribution in [0.5, 0.6) is 23.0 Å². The molecule has 4 aromatic carbocycles. The van der Waals surface area contributed by atoms with E-state index in [4.69, 9.17) is 24.7 Å². The molecule has 0 unspecified atom stereocenters. The summed E-state index contributed by atoms with van der Waals surface area (Å²) in [5.41, 5.74) is 11.5. The van der Waals surface area contributed by atoms with Crippen molar-refractivity contribution in [2.45, 2.75) is 25.8 Å². The Bertz CT molecular complexity index is 1750. The summed E-state index contributed by atoms with van der Waals surface area (Å²) in [5.74, 6) is 1.92. The fourth-order valence-corrected chi connectivity index (χ4v) is 6.04. The number of fused-ring (bicyclic) bond motifs is 1. The van der Waals surface area contributed by atoms with Crippen molar-refractivity contribution in [2.24, 2.45) is 5.73 Å². The lowest BCUT2D eigenvalue weighted by Crippen LogP contribution is -2.32. The average molecular weight is 637 g/mol. The molecule has 1 fully saturated rings. The molecule has 2 aliphatic heterocycles. The third-order valence-electron chi connectivity index (χ3n) is 8.51. The van der Waals surface area contributed by atoms with E-state index >= 15 is 0 Å². The topological polar surface area (TPSA) is 116 Å². The van der Waals surface area contributed by atoms with Crippen LogP contribution in [-0.2, 0) is 6.54 Å². The van der Waals surface area contributed by atoms with Crippen LogP contribution in [-0.4, -0.2) is 63.9 Å². The maximum atomic E-state index is 13.6. The lowest BCUT2D eigenvalue weighted by Gasteiger charge is -2.24. The molecule has 47 heavy (non-hydrogen) atoms. The molecule has 0 bridgehead atoms. The lowest BCUT2D eigenvalue weighted by atomic mass is 10.0. The largest absolute Gasteiger partial charge is 0.493 e. The number of carbonyl (C=O) groups is 2. The quantitative estimate of drug-likeness (QED) is 0.196. The van der Waals surface area contributed by atoms with Crippen LogP contribution in [0.1, 0.15) is 45.5 Å². The van der Waals surface area contributed by atoms with Crippen molar-refractivity contribution in [1.29, 1.82) is 0 Å². The highest BCUT2D eigenvalue weighted by molar-refractivity contribution is 6.06. The molecular weight excluding hydrogens is 596 g/mol. The number of nitrogens with one attached hydrogen (secondary N) is 1. The molecule has 2 heterocycles. The second-order valence-corrected chi connectivity index (χ2v) is 11.6. The first-order valence-corrected chi connectivity index (χ1v) is 15.9. The van der Waals surface area contributed by atoms with Gasteiger partial charge in [0.25, 0.3) is 11.8 Å². The van der Waals surface area contributed by atoms with E-state index in [1.165, 1.54) is 0 Å². The Morgan fingerprint density at radius 3 is 2.40 bits per heavy atom. The van der Waals surface area contributed by atoms with Gasteiger partial charge in [-0.1, -0.05) is 24.3 Å². The normalized spacial score (nSPS) is 13.4. The first-order chi connectivity index (χ1) is 23.0. The number of nitrogens with two attached hydrogens (primary N) is 1. The van der Waals surface area contributed by atoms with Gasteiger partial charge in [-0.05, 0) is 97.1 Å². The van der Waals surface area contributed by atoms with Crippen molar-refractivity contribution in [1.82, 2.24) is 4.90 Å². The summed E-state index contributed by atoms with van der Waals surface area (Å²) in [5, 5.41) is 3.16. The van der Waals surface area contributed by atoms with Crippen LogP contribution in [0, 0.1) is 0 Å². The van der Waals surface area contributed by atoms with E-state index in [0.29, 0.717) is 60.2 Å². The monoisotopic (exact) mass is 636 g/mol. The number of benzene rings is 4. The highest BCUT2D eigenvalue weighted by Gasteiger charge is 2.22. The molecule has 0 atom stereocenters. The van der Waals surface area contributed by atoms with Crippen LogP contribution < -0.4 is 34.9 Å². The third-order valence-corrected chi connectivity index (χ3v) is 8.51. The van der Waals surface area contributed by atoms with Gasteiger partial charge in [-0.15, -0.1) is 0 Å². The lowest BCUT2D eigenvalue weighted by molar-refractivity contribution is 0.0741. The summed E-state index contributed by atoms with van der Waals surface area (Å²) in [6.07, 6.45) is 2.90. The minimum absolute atomic E-state index is 0.0997. The van der Waals surface area contributed by atoms with Crippen LogP contribution in [0.15, 0.2) is 78.9 Å². The van der Waals surface area contributed by atoms with Gasteiger partial charge in [0, 0.05) is 37.3 Å². The Morgan fingerprint density at radius 2 is 1.62 bits per heavy atom. The molecule has 10 heteroatoms. The fourth-order valence-electron chi connectivity index (χ4n) is 6.04. The minimum atomic E-state index is -0.241. The van der Waals surface area contributed by atoms with Gasteiger partial charge in [-0.2, -0.15) is 0 Å². The van der Waals surface area contributed by atoms with Gasteiger partial charge in [0.05, 0.1) is 25.6 Å². The van der Waals surface area contributed by atoms with E-state index in [1.807, 2.05) is 29.2 Å². The first kappa shape index (κ1) is 31.7. The molecule has 4 aromatic rings. The van der Waals surface area contributed by atoms with Gasteiger partial charge in [0.15, 0.2) is 23.0 Å². The number of carbonyl (C=O) groups excluding carboxylic acids is 2. The van der Waals surface area contributed by atoms with Crippen molar-refractivity contribution >= 4 is 23.2 Å². The second-order valence-electron chi connectivity index (χ2n) is 11.6. The Hall–Kier alpha value is -5.22. The number of hydrogen-bond donors (Lipinski definition) is 2. The van der Waals surface area contributed by atoms with Gasteiger partial charge < -0.3 is 39.8 Å². The molecule has 2 aliphatic rings. The molecule has 244 valence electrons. The Balaban J connectivity index is 1.27. The first-order valence-electron chi connectivity index (χ1n) is 15.9. The zero-order valence-corrected chi connectivity index (χ0v) is 26.8. The van der Waals surface area contributed by atoms with E-state index in [0.717, 1.165) is 54.0 Å². The van der Waals surface area contributed by atoms with Crippen LogP contribution >= 0.6 is 0 Å². The van der Waals surface area contributed by atoms with E-state index in [1.54, 1.807) is 50.6 Å². The number of anilines is 2. The predicted octanol–water partition coefficient (Wildman–Crippen LogP) is 5.94. The molecule has 2 amide bonds. The zero-order valence-electron chi connectivity index (χ0n) is 26.8. The summed E-state index contributed by atoms with van der Waals surface area (Å²) < 4.78 is 21.7. The number of rotatable bonds is 12. The minimum Gasteiger partial charge on any atom is -0.493 e. The summed E-state index contributed by atoms with van der Waals surface area (Å²) in [6.45, 7) is 3.43.